The molecule has 1 aliphatic heterocycles. The Hall–Kier alpha value is -1.28. The summed E-state index contributed by atoms with van der Waals surface area (Å²) in [5, 5.41) is 0.587. The molecule has 2 aliphatic rings. The van der Waals surface area contributed by atoms with Crippen LogP contribution in [-0.2, 0) is 0 Å². The molecule has 0 bridgehead atoms. The maximum atomic E-state index is 12.3. The molecule has 0 spiro atoms. The van der Waals surface area contributed by atoms with E-state index in [4.69, 9.17) is 16.3 Å². The Morgan fingerprint density at radius 3 is 2.85 bits per heavy atom. The van der Waals surface area contributed by atoms with Gasteiger partial charge in [0.05, 0.1) is 5.56 Å². The monoisotopic (exact) mass is 290 g/mol. The third kappa shape index (κ3) is 2.62. The Morgan fingerprint density at radius 1 is 1.30 bits per heavy atom. The first-order chi connectivity index (χ1) is 9.52. The summed E-state index contributed by atoms with van der Waals surface area (Å²) in [6.07, 6.45) is 4.93. The van der Waals surface area contributed by atoms with E-state index in [1.165, 1.54) is 5.57 Å². The molecule has 0 fully saturated rings. The van der Waals surface area contributed by atoms with Gasteiger partial charge in [-0.05, 0) is 43.9 Å². The van der Waals surface area contributed by atoms with Gasteiger partial charge in [0.1, 0.15) is 11.9 Å². The Balaban J connectivity index is 1.83. The number of benzene rings is 1. The van der Waals surface area contributed by atoms with Crippen LogP contribution < -0.4 is 4.74 Å². The standard InChI is InChI=1S/C17H19ClO2/c1-10-5-11(2)7-12(6-10)17-9-15(19)14-8-13(18)3-4-16(14)20-17/h3-5,8,10,12,17H,6-7,9H2,1-2H3. The number of halogens is 1. The molecule has 3 unspecified atom stereocenters. The van der Waals surface area contributed by atoms with Crippen LogP contribution in [0.15, 0.2) is 29.8 Å². The molecule has 0 radical (unpaired) electrons. The van der Waals surface area contributed by atoms with Gasteiger partial charge in [0.15, 0.2) is 5.78 Å². The highest BCUT2D eigenvalue weighted by Gasteiger charge is 2.34. The second-order valence-corrected chi connectivity index (χ2v) is 6.55. The van der Waals surface area contributed by atoms with Crippen molar-refractivity contribution in [1.29, 1.82) is 0 Å². The first-order valence-electron chi connectivity index (χ1n) is 7.19. The van der Waals surface area contributed by atoms with E-state index in [0.29, 0.717) is 34.6 Å². The third-order valence-corrected chi connectivity index (χ3v) is 4.50. The number of hydrogen-bond acceptors (Lipinski definition) is 2. The first kappa shape index (κ1) is 13.7. The Labute approximate surface area is 124 Å². The van der Waals surface area contributed by atoms with Crippen molar-refractivity contribution in [1.82, 2.24) is 0 Å². The summed E-state index contributed by atoms with van der Waals surface area (Å²) in [4.78, 5) is 12.3. The van der Waals surface area contributed by atoms with Crippen molar-refractivity contribution in [2.75, 3.05) is 0 Å². The SMILES string of the molecule is CC1=CC(C)CC(C2CC(=O)c3cc(Cl)ccc3O2)C1. The van der Waals surface area contributed by atoms with Gasteiger partial charge in [-0.3, -0.25) is 4.79 Å². The largest absolute Gasteiger partial charge is 0.489 e. The molecule has 20 heavy (non-hydrogen) atoms. The summed E-state index contributed by atoms with van der Waals surface area (Å²) in [7, 11) is 0. The second-order valence-electron chi connectivity index (χ2n) is 6.11. The zero-order valence-electron chi connectivity index (χ0n) is 11.9. The summed E-state index contributed by atoms with van der Waals surface area (Å²) in [6.45, 7) is 4.40. The molecule has 0 aromatic heterocycles. The van der Waals surface area contributed by atoms with Gasteiger partial charge < -0.3 is 4.74 Å². The minimum Gasteiger partial charge on any atom is -0.489 e. The molecule has 0 amide bonds. The first-order valence-corrected chi connectivity index (χ1v) is 7.57. The molecule has 106 valence electrons. The number of allylic oxidation sites excluding steroid dienone is 2. The number of carbonyl (C=O) groups is 1. The van der Waals surface area contributed by atoms with E-state index < -0.39 is 0 Å². The van der Waals surface area contributed by atoms with E-state index in [1.54, 1.807) is 12.1 Å². The molecular formula is C17H19ClO2. The molecule has 0 N–H and O–H groups in total. The van der Waals surface area contributed by atoms with Crippen LogP contribution in [0.1, 0.15) is 43.5 Å². The topological polar surface area (TPSA) is 26.3 Å². The maximum Gasteiger partial charge on any atom is 0.170 e. The number of hydrogen-bond donors (Lipinski definition) is 0. The van der Waals surface area contributed by atoms with Crippen LogP contribution in [0, 0.1) is 11.8 Å². The van der Waals surface area contributed by atoms with Crippen LogP contribution in [0.3, 0.4) is 0 Å². The van der Waals surface area contributed by atoms with Gasteiger partial charge in [-0.15, -0.1) is 0 Å². The van der Waals surface area contributed by atoms with Crippen molar-refractivity contribution >= 4 is 17.4 Å². The molecular weight excluding hydrogens is 272 g/mol. The molecule has 1 aromatic carbocycles. The quantitative estimate of drug-likeness (QED) is 0.703. The lowest BCUT2D eigenvalue weighted by molar-refractivity contribution is 0.0685. The van der Waals surface area contributed by atoms with Crippen LogP contribution >= 0.6 is 11.6 Å². The molecule has 3 atom stereocenters. The fourth-order valence-corrected chi connectivity index (χ4v) is 3.63. The van der Waals surface area contributed by atoms with Gasteiger partial charge in [0, 0.05) is 17.4 Å². The molecule has 1 aliphatic carbocycles. The van der Waals surface area contributed by atoms with Crippen molar-refractivity contribution in [3.05, 3.63) is 40.4 Å². The fourth-order valence-electron chi connectivity index (χ4n) is 3.46. The summed E-state index contributed by atoms with van der Waals surface area (Å²) in [5.74, 6) is 1.84. The maximum absolute atomic E-state index is 12.3. The van der Waals surface area contributed by atoms with Crippen LogP contribution in [0.2, 0.25) is 5.02 Å². The highest BCUT2D eigenvalue weighted by molar-refractivity contribution is 6.31. The molecule has 3 rings (SSSR count). The average molecular weight is 291 g/mol. The van der Waals surface area contributed by atoms with Gasteiger partial charge in [-0.2, -0.15) is 0 Å². The molecule has 0 saturated heterocycles. The van der Waals surface area contributed by atoms with E-state index in [9.17, 15) is 4.79 Å². The van der Waals surface area contributed by atoms with Crippen molar-refractivity contribution in [2.45, 2.75) is 39.2 Å². The van der Waals surface area contributed by atoms with Gasteiger partial charge in [-0.25, -0.2) is 0 Å². The predicted molar refractivity (Wildman–Crippen MR) is 80.5 cm³/mol. The predicted octanol–water partition coefficient (Wildman–Crippen LogP) is 4.67. The average Bonchev–Trinajstić information content (AvgIpc) is 2.38. The lowest BCUT2D eigenvalue weighted by atomic mass is 9.78. The third-order valence-electron chi connectivity index (χ3n) is 4.26. The molecule has 1 heterocycles. The molecule has 3 heteroatoms. The summed E-state index contributed by atoms with van der Waals surface area (Å²) in [5.41, 5.74) is 2.04. The Bertz CT molecular complexity index is 576. The van der Waals surface area contributed by atoms with Crippen LogP contribution in [-0.4, -0.2) is 11.9 Å². The smallest absolute Gasteiger partial charge is 0.170 e. The van der Waals surface area contributed by atoms with Gasteiger partial charge in [-0.1, -0.05) is 30.2 Å². The lowest BCUT2D eigenvalue weighted by Gasteiger charge is -2.35. The van der Waals surface area contributed by atoms with E-state index >= 15 is 0 Å². The fraction of sp³-hybridized carbons (Fsp3) is 0.471. The number of carbonyl (C=O) groups excluding carboxylic acids is 1. The van der Waals surface area contributed by atoms with E-state index in [-0.39, 0.29) is 11.9 Å². The van der Waals surface area contributed by atoms with Crippen molar-refractivity contribution in [3.8, 4) is 5.75 Å². The number of ether oxygens (including phenoxy) is 1. The second kappa shape index (κ2) is 5.25. The zero-order chi connectivity index (χ0) is 14.3. The summed E-state index contributed by atoms with van der Waals surface area (Å²) < 4.78 is 6.09. The van der Waals surface area contributed by atoms with E-state index in [2.05, 4.69) is 19.9 Å². The molecule has 2 nitrogen and oxygen atoms in total. The number of ketones is 1. The minimum absolute atomic E-state index is 0.00211. The molecule has 1 aromatic rings. The molecule has 0 saturated carbocycles. The highest BCUT2D eigenvalue weighted by atomic mass is 35.5. The number of Topliss-reactive ketones (excluding diaryl/α,β-unsaturated/α-hetero) is 1. The zero-order valence-corrected chi connectivity index (χ0v) is 12.6. The van der Waals surface area contributed by atoms with Gasteiger partial charge in [0.2, 0.25) is 0 Å². The van der Waals surface area contributed by atoms with Crippen molar-refractivity contribution < 1.29 is 9.53 Å². The van der Waals surface area contributed by atoms with Crippen LogP contribution in [0.5, 0.6) is 5.75 Å². The van der Waals surface area contributed by atoms with Crippen molar-refractivity contribution in [2.24, 2.45) is 11.8 Å². The Kier molecular flexibility index (Phi) is 3.59. The van der Waals surface area contributed by atoms with E-state index in [1.807, 2.05) is 6.07 Å². The summed E-state index contributed by atoms with van der Waals surface area (Å²) in [6, 6.07) is 5.31. The Morgan fingerprint density at radius 2 is 2.10 bits per heavy atom. The number of rotatable bonds is 1. The van der Waals surface area contributed by atoms with Gasteiger partial charge in [0.25, 0.3) is 0 Å². The highest BCUT2D eigenvalue weighted by Crippen LogP contribution is 2.38. The number of fused-ring (bicyclic) bond motifs is 1. The van der Waals surface area contributed by atoms with Crippen LogP contribution in [0.25, 0.3) is 0 Å². The van der Waals surface area contributed by atoms with E-state index in [0.717, 1.165) is 12.8 Å². The van der Waals surface area contributed by atoms with Crippen molar-refractivity contribution in [3.63, 3.8) is 0 Å². The normalized spacial score (nSPS) is 29.4. The lowest BCUT2D eigenvalue weighted by Crippen LogP contribution is -2.35. The summed E-state index contributed by atoms with van der Waals surface area (Å²) >= 11 is 5.95. The minimum atomic E-state index is 0.00211. The van der Waals surface area contributed by atoms with Gasteiger partial charge >= 0.3 is 0 Å². The van der Waals surface area contributed by atoms with Crippen LogP contribution in [0.4, 0.5) is 0 Å².